The fraction of sp³-hybridized carbons (Fsp3) is 0.235. The third-order valence-corrected chi connectivity index (χ3v) is 3.60. The van der Waals surface area contributed by atoms with Gasteiger partial charge in [-0.3, -0.25) is 0 Å². The Labute approximate surface area is 114 Å². The SMILES string of the molecule is COC(C)C(C#N)(c1ccccc1)c1ccccc1. The molecule has 0 saturated carbocycles. The molecule has 0 heterocycles. The lowest BCUT2D eigenvalue weighted by molar-refractivity contribution is 0.0826. The summed E-state index contributed by atoms with van der Waals surface area (Å²) in [6, 6.07) is 22.1. The van der Waals surface area contributed by atoms with E-state index in [1.807, 2.05) is 67.6 Å². The summed E-state index contributed by atoms with van der Waals surface area (Å²) < 4.78 is 5.49. The van der Waals surface area contributed by atoms with Crippen LogP contribution in [0.4, 0.5) is 0 Å². The first-order valence-electron chi connectivity index (χ1n) is 6.30. The molecule has 2 heteroatoms. The van der Waals surface area contributed by atoms with E-state index in [4.69, 9.17) is 4.74 Å². The maximum absolute atomic E-state index is 9.85. The molecule has 0 spiro atoms. The van der Waals surface area contributed by atoms with Crippen LogP contribution in [0, 0.1) is 11.3 Å². The number of hydrogen-bond donors (Lipinski definition) is 0. The van der Waals surface area contributed by atoms with Gasteiger partial charge in [0.05, 0.1) is 12.2 Å². The average Bonchev–Trinajstić information content (AvgIpc) is 2.50. The Hall–Kier alpha value is -2.11. The van der Waals surface area contributed by atoms with Crippen molar-refractivity contribution in [3.05, 3.63) is 71.8 Å². The van der Waals surface area contributed by atoms with E-state index in [2.05, 4.69) is 6.07 Å². The van der Waals surface area contributed by atoms with Gasteiger partial charge in [0.25, 0.3) is 0 Å². The Morgan fingerprint density at radius 2 is 1.37 bits per heavy atom. The van der Waals surface area contributed by atoms with E-state index in [-0.39, 0.29) is 6.10 Å². The number of nitriles is 1. The lowest BCUT2D eigenvalue weighted by Gasteiger charge is -2.33. The van der Waals surface area contributed by atoms with Crippen molar-refractivity contribution in [1.82, 2.24) is 0 Å². The number of benzene rings is 2. The molecule has 0 saturated heterocycles. The normalized spacial score (nSPS) is 12.7. The van der Waals surface area contributed by atoms with Crippen LogP contribution in [-0.2, 0) is 10.2 Å². The Morgan fingerprint density at radius 3 is 1.68 bits per heavy atom. The molecular weight excluding hydrogens is 234 g/mol. The molecule has 2 aromatic rings. The first-order chi connectivity index (χ1) is 9.25. The van der Waals surface area contributed by atoms with Crippen LogP contribution in [0.15, 0.2) is 60.7 Å². The van der Waals surface area contributed by atoms with E-state index in [1.165, 1.54) is 0 Å². The molecule has 2 aromatic carbocycles. The molecule has 0 amide bonds. The second-order valence-electron chi connectivity index (χ2n) is 4.53. The maximum Gasteiger partial charge on any atom is 0.133 e. The first kappa shape index (κ1) is 13.3. The van der Waals surface area contributed by atoms with Gasteiger partial charge in [0.15, 0.2) is 0 Å². The van der Waals surface area contributed by atoms with Crippen molar-refractivity contribution in [3.63, 3.8) is 0 Å². The third-order valence-electron chi connectivity index (χ3n) is 3.60. The van der Waals surface area contributed by atoms with Crippen molar-refractivity contribution in [1.29, 1.82) is 5.26 Å². The highest BCUT2D eigenvalue weighted by Crippen LogP contribution is 2.36. The second-order valence-corrected chi connectivity index (χ2v) is 4.53. The zero-order valence-corrected chi connectivity index (χ0v) is 11.2. The van der Waals surface area contributed by atoms with Crippen molar-refractivity contribution in [2.75, 3.05) is 7.11 Å². The van der Waals surface area contributed by atoms with Gasteiger partial charge in [0.1, 0.15) is 5.41 Å². The Morgan fingerprint density at radius 1 is 0.947 bits per heavy atom. The zero-order chi connectivity index (χ0) is 13.7. The summed E-state index contributed by atoms with van der Waals surface area (Å²) in [5.74, 6) is 0. The third kappa shape index (κ3) is 2.25. The minimum Gasteiger partial charge on any atom is -0.379 e. The van der Waals surface area contributed by atoms with Gasteiger partial charge in [0, 0.05) is 7.11 Å². The largest absolute Gasteiger partial charge is 0.379 e. The molecule has 96 valence electrons. The van der Waals surface area contributed by atoms with Crippen molar-refractivity contribution in [3.8, 4) is 6.07 Å². The van der Waals surface area contributed by atoms with Crippen LogP contribution in [0.25, 0.3) is 0 Å². The number of rotatable bonds is 4. The van der Waals surface area contributed by atoms with Gasteiger partial charge in [0.2, 0.25) is 0 Å². The highest BCUT2D eigenvalue weighted by molar-refractivity contribution is 5.47. The van der Waals surface area contributed by atoms with Crippen LogP contribution in [0.5, 0.6) is 0 Å². The van der Waals surface area contributed by atoms with Crippen LogP contribution in [0.3, 0.4) is 0 Å². The number of methoxy groups -OCH3 is 1. The quantitative estimate of drug-likeness (QED) is 0.832. The van der Waals surface area contributed by atoms with E-state index in [0.29, 0.717) is 0 Å². The molecule has 1 atom stereocenters. The topological polar surface area (TPSA) is 33.0 Å². The summed E-state index contributed by atoms with van der Waals surface area (Å²) in [5.41, 5.74) is 1.13. The second kappa shape index (κ2) is 5.69. The summed E-state index contributed by atoms with van der Waals surface area (Å²) in [5, 5.41) is 9.85. The molecule has 0 radical (unpaired) electrons. The minimum absolute atomic E-state index is 0.234. The van der Waals surface area contributed by atoms with Crippen molar-refractivity contribution >= 4 is 0 Å². The molecule has 1 unspecified atom stereocenters. The van der Waals surface area contributed by atoms with Crippen LogP contribution in [0.1, 0.15) is 18.1 Å². The van der Waals surface area contributed by atoms with Crippen LogP contribution >= 0.6 is 0 Å². The van der Waals surface area contributed by atoms with Gasteiger partial charge < -0.3 is 4.74 Å². The molecule has 0 fully saturated rings. The van der Waals surface area contributed by atoms with E-state index >= 15 is 0 Å². The van der Waals surface area contributed by atoms with Gasteiger partial charge in [-0.2, -0.15) is 5.26 Å². The first-order valence-corrected chi connectivity index (χ1v) is 6.30. The molecule has 0 N–H and O–H groups in total. The maximum atomic E-state index is 9.85. The number of nitrogens with zero attached hydrogens (tertiary/aromatic N) is 1. The molecular formula is C17H17NO. The molecule has 2 nitrogen and oxygen atoms in total. The summed E-state index contributed by atoms with van der Waals surface area (Å²) >= 11 is 0. The molecule has 0 aliphatic heterocycles. The Bertz CT molecular complexity index is 517. The van der Waals surface area contributed by atoms with Crippen molar-refractivity contribution in [2.45, 2.75) is 18.4 Å². The Kier molecular flexibility index (Phi) is 3.99. The molecule has 2 rings (SSSR count). The van der Waals surface area contributed by atoms with E-state index < -0.39 is 5.41 Å². The van der Waals surface area contributed by atoms with Gasteiger partial charge in [-0.15, -0.1) is 0 Å². The van der Waals surface area contributed by atoms with Crippen molar-refractivity contribution in [2.24, 2.45) is 0 Å². The smallest absolute Gasteiger partial charge is 0.133 e. The number of ether oxygens (including phenoxy) is 1. The summed E-state index contributed by atoms with van der Waals surface area (Å²) in [7, 11) is 1.64. The molecule has 0 aromatic heterocycles. The van der Waals surface area contributed by atoms with Gasteiger partial charge in [-0.05, 0) is 18.1 Å². The highest BCUT2D eigenvalue weighted by atomic mass is 16.5. The standard InChI is InChI=1S/C17H17NO/c1-14(19-2)17(13-18,15-9-5-3-6-10-15)16-11-7-4-8-12-16/h3-12,14H,1-2H3. The molecule has 0 bridgehead atoms. The van der Waals surface area contributed by atoms with Crippen LogP contribution in [-0.4, -0.2) is 13.2 Å². The lowest BCUT2D eigenvalue weighted by atomic mass is 9.72. The zero-order valence-electron chi connectivity index (χ0n) is 11.2. The monoisotopic (exact) mass is 251 g/mol. The minimum atomic E-state index is -0.780. The van der Waals surface area contributed by atoms with E-state index in [0.717, 1.165) is 11.1 Å². The van der Waals surface area contributed by atoms with E-state index in [9.17, 15) is 5.26 Å². The predicted molar refractivity (Wildman–Crippen MR) is 75.7 cm³/mol. The van der Waals surface area contributed by atoms with E-state index in [1.54, 1.807) is 7.11 Å². The molecule has 0 aliphatic carbocycles. The predicted octanol–water partition coefficient (Wildman–Crippen LogP) is 3.53. The highest BCUT2D eigenvalue weighted by Gasteiger charge is 2.40. The summed E-state index contributed by atoms with van der Waals surface area (Å²) in [4.78, 5) is 0. The van der Waals surface area contributed by atoms with Gasteiger partial charge in [-0.25, -0.2) is 0 Å². The molecule has 19 heavy (non-hydrogen) atoms. The lowest BCUT2D eigenvalue weighted by Crippen LogP contribution is -2.38. The molecule has 0 aliphatic rings. The van der Waals surface area contributed by atoms with Gasteiger partial charge in [-0.1, -0.05) is 60.7 Å². The van der Waals surface area contributed by atoms with Crippen LogP contribution < -0.4 is 0 Å². The summed E-state index contributed by atoms with van der Waals surface area (Å²) in [6.45, 7) is 1.93. The fourth-order valence-electron chi connectivity index (χ4n) is 2.43. The van der Waals surface area contributed by atoms with Gasteiger partial charge >= 0.3 is 0 Å². The van der Waals surface area contributed by atoms with Crippen molar-refractivity contribution < 1.29 is 4.74 Å². The average molecular weight is 251 g/mol. The number of hydrogen-bond acceptors (Lipinski definition) is 2. The Balaban J connectivity index is 2.67. The fourth-order valence-corrected chi connectivity index (χ4v) is 2.43. The summed E-state index contributed by atoms with van der Waals surface area (Å²) in [6.07, 6.45) is -0.234. The van der Waals surface area contributed by atoms with Crippen LogP contribution in [0.2, 0.25) is 0 Å².